The van der Waals surface area contributed by atoms with Crippen molar-refractivity contribution in [3.05, 3.63) is 34.9 Å². The minimum absolute atomic E-state index is 0.286. The molecule has 1 aromatic carbocycles. The summed E-state index contributed by atoms with van der Waals surface area (Å²) in [6, 6.07) is 7.30. The van der Waals surface area contributed by atoms with Gasteiger partial charge in [-0.1, -0.05) is 28.7 Å². The quantitative estimate of drug-likeness (QED) is 0.759. The first-order valence-electron chi connectivity index (χ1n) is 8.03. The predicted molar refractivity (Wildman–Crippen MR) is 93.6 cm³/mol. The van der Waals surface area contributed by atoms with Gasteiger partial charge in [-0.2, -0.15) is 0 Å². The van der Waals surface area contributed by atoms with Crippen molar-refractivity contribution in [1.29, 1.82) is 0 Å². The molecule has 2 atom stereocenters. The zero-order valence-electron chi connectivity index (χ0n) is 14.1. The molecule has 0 aliphatic carbocycles. The number of hydrogen-bond donors (Lipinski definition) is 0. The highest BCUT2D eigenvalue weighted by molar-refractivity contribution is 6.30. The Morgan fingerprint density at radius 1 is 1.52 bits per heavy atom. The van der Waals surface area contributed by atoms with Crippen molar-refractivity contribution in [3.8, 4) is 11.8 Å². The van der Waals surface area contributed by atoms with E-state index in [4.69, 9.17) is 25.9 Å². The van der Waals surface area contributed by atoms with Crippen LogP contribution < -0.4 is 0 Å². The Morgan fingerprint density at radius 2 is 2.36 bits per heavy atom. The number of amides is 1. The number of rotatable bonds is 2. The molecule has 3 rings (SSSR count). The Morgan fingerprint density at radius 3 is 3.08 bits per heavy atom. The molecule has 0 radical (unpaired) electrons. The summed E-state index contributed by atoms with van der Waals surface area (Å²) in [6.07, 6.45) is -0.177. The van der Waals surface area contributed by atoms with Gasteiger partial charge in [0.2, 0.25) is 0 Å². The SMILES string of the molecule is CCOC(=O)N1CC(OC)C2(CC(C#Cc3cccc(Cl)c3)=NO2)C1. The monoisotopic (exact) mass is 362 g/mol. The third-order valence-electron chi connectivity index (χ3n) is 4.22. The van der Waals surface area contributed by atoms with E-state index in [9.17, 15) is 4.79 Å². The molecule has 6 nitrogen and oxygen atoms in total. The van der Waals surface area contributed by atoms with Crippen molar-refractivity contribution >= 4 is 23.4 Å². The maximum Gasteiger partial charge on any atom is 0.409 e. The van der Waals surface area contributed by atoms with Crippen LogP contribution in [0.1, 0.15) is 18.9 Å². The van der Waals surface area contributed by atoms with Crippen LogP contribution in [0.3, 0.4) is 0 Å². The molecule has 132 valence electrons. The zero-order valence-corrected chi connectivity index (χ0v) is 14.9. The van der Waals surface area contributed by atoms with Gasteiger partial charge in [-0.15, -0.1) is 0 Å². The van der Waals surface area contributed by atoms with Crippen LogP contribution in [-0.2, 0) is 14.3 Å². The molecule has 0 bridgehead atoms. The first-order valence-corrected chi connectivity index (χ1v) is 8.41. The number of hydrogen-bond acceptors (Lipinski definition) is 5. The number of likely N-dealkylation sites (tertiary alicyclic amines) is 1. The molecule has 1 aromatic rings. The summed E-state index contributed by atoms with van der Waals surface area (Å²) in [4.78, 5) is 19.2. The smallest absolute Gasteiger partial charge is 0.409 e. The lowest BCUT2D eigenvalue weighted by Crippen LogP contribution is -2.43. The summed E-state index contributed by atoms with van der Waals surface area (Å²) in [6.45, 7) is 2.86. The molecule has 2 heterocycles. The maximum atomic E-state index is 12.0. The second-order valence-corrected chi connectivity index (χ2v) is 6.37. The number of methoxy groups -OCH3 is 1. The van der Waals surface area contributed by atoms with Gasteiger partial charge in [-0.05, 0) is 31.0 Å². The standard InChI is InChI=1S/C18H19ClN2O4/c1-3-24-17(22)21-11-16(23-2)18(12-21)10-15(20-25-18)8-7-13-5-4-6-14(19)9-13/h4-6,9,16H,3,10-12H2,1-2H3. The lowest BCUT2D eigenvalue weighted by Gasteiger charge is -2.25. The molecular weight excluding hydrogens is 344 g/mol. The van der Waals surface area contributed by atoms with Crippen LogP contribution in [0, 0.1) is 11.8 Å². The average Bonchev–Trinajstić information content (AvgIpc) is 3.18. The van der Waals surface area contributed by atoms with E-state index in [0.717, 1.165) is 5.56 Å². The molecule has 2 unspecified atom stereocenters. The van der Waals surface area contributed by atoms with Crippen LogP contribution >= 0.6 is 11.6 Å². The van der Waals surface area contributed by atoms with E-state index in [0.29, 0.717) is 36.9 Å². The van der Waals surface area contributed by atoms with Crippen molar-refractivity contribution in [2.24, 2.45) is 5.16 Å². The van der Waals surface area contributed by atoms with Crippen LogP contribution in [-0.4, -0.2) is 55.2 Å². The first kappa shape index (κ1) is 17.6. The summed E-state index contributed by atoms with van der Waals surface area (Å²) < 4.78 is 10.6. The number of ether oxygens (including phenoxy) is 2. The average molecular weight is 363 g/mol. The van der Waals surface area contributed by atoms with E-state index in [1.54, 1.807) is 31.1 Å². The van der Waals surface area contributed by atoms with E-state index >= 15 is 0 Å². The summed E-state index contributed by atoms with van der Waals surface area (Å²) in [5.41, 5.74) is 0.714. The largest absolute Gasteiger partial charge is 0.450 e. The first-order chi connectivity index (χ1) is 12.1. The fraction of sp³-hybridized carbons (Fsp3) is 0.444. The van der Waals surface area contributed by atoms with Gasteiger partial charge in [0, 0.05) is 24.1 Å². The van der Waals surface area contributed by atoms with Crippen molar-refractivity contribution in [1.82, 2.24) is 4.90 Å². The molecule has 0 N–H and O–H groups in total. The minimum atomic E-state index is -0.708. The number of nitrogens with zero attached hydrogens (tertiary/aromatic N) is 2. The van der Waals surface area contributed by atoms with Crippen LogP contribution in [0.15, 0.2) is 29.4 Å². The van der Waals surface area contributed by atoms with Crippen molar-refractivity contribution in [3.63, 3.8) is 0 Å². The highest BCUT2D eigenvalue weighted by Crippen LogP contribution is 2.36. The molecule has 2 aliphatic rings. The van der Waals surface area contributed by atoms with E-state index in [1.165, 1.54) is 0 Å². The fourth-order valence-corrected chi connectivity index (χ4v) is 3.22. The summed E-state index contributed by atoms with van der Waals surface area (Å²) in [5.74, 6) is 6.05. The highest BCUT2D eigenvalue weighted by atomic mass is 35.5. The lowest BCUT2D eigenvalue weighted by atomic mass is 9.94. The van der Waals surface area contributed by atoms with Crippen LogP contribution in [0.2, 0.25) is 5.02 Å². The Balaban J connectivity index is 1.70. The third kappa shape index (κ3) is 3.73. The Labute approximate surface area is 151 Å². The number of halogens is 1. The molecule has 1 saturated heterocycles. The number of carbonyl (C=O) groups is 1. The van der Waals surface area contributed by atoms with Crippen molar-refractivity contribution in [2.45, 2.75) is 25.0 Å². The van der Waals surface area contributed by atoms with Crippen LogP contribution in [0.5, 0.6) is 0 Å². The van der Waals surface area contributed by atoms with E-state index in [-0.39, 0.29) is 12.2 Å². The van der Waals surface area contributed by atoms with Crippen molar-refractivity contribution in [2.75, 3.05) is 26.8 Å². The van der Waals surface area contributed by atoms with E-state index in [1.807, 2.05) is 12.1 Å². The van der Waals surface area contributed by atoms with Crippen LogP contribution in [0.25, 0.3) is 0 Å². The number of benzene rings is 1. The van der Waals surface area contributed by atoms with Gasteiger partial charge in [0.25, 0.3) is 0 Å². The predicted octanol–water partition coefficient (Wildman–Crippen LogP) is 2.69. The normalized spacial score (nSPS) is 24.5. The van der Waals surface area contributed by atoms with Crippen LogP contribution in [0.4, 0.5) is 4.79 Å². The number of oxime groups is 1. The second kappa shape index (κ2) is 7.34. The molecule has 1 spiro atoms. The molecule has 2 aliphatic heterocycles. The molecular formula is C18H19ClN2O4. The lowest BCUT2D eigenvalue weighted by molar-refractivity contribution is -0.0902. The molecule has 0 saturated carbocycles. The van der Waals surface area contributed by atoms with Gasteiger partial charge in [-0.3, -0.25) is 0 Å². The molecule has 1 fully saturated rings. The van der Waals surface area contributed by atoms with Gasteiger partial charge in [0.15, 0.2) is 5.60 Å². The Bertz CT molecular complexity index is 755. The van der Waals surface area contributed by atoms with Gasteiger partial charge >= 0.3 is 6.09 Å². The van der Waals surface area contributed by atoms with E-state index in [2.05, 4.69) is 17.0 Å². The third-order valence-corrected chi connectivity index (χ3v) is 4.46. The molecule has 7 heteroatoms. The minimum Gasteiger partial charge on any atom is -0.450 e. The van der Waals surface area contributed by atoms with E-state index < -0.39 is 5.60 Å². The Kier molecular flexibility index (Phi) is 5.16. The van der Waals surface area contributed by atoms with Gasteiger partial charge < -0.3 is 19.2 Å². The molecule has 0 aromatic heterocycles. The molecule has 25 heavy (non-hydrogen) atoms. The topological polar surface area (TPSA) is 60.4 Å². The second-order valence-electron chi connectivity index (χ2n) is 5.93. The maximum absolute atomic E-state index is 12.0. The Hall–Kier alpha value is -2.23. The zero-order chi connectivity index (χ0) is 17.9. The highest BCUT2D eigenvalue weighted by Gasteiger charge is 2.54. The number of carbonyl (C=O) groups excluding carboxylic acids is 1. The molecule has 1 amide bonds. The van der Waals surface area contributed by atoms with Crippen molar-refractivity contribution < 1.29 is 19.1 Å². The van der Waals surface area contributed by atoms with Gasteiger partial charge in [0.1, 0.15) is 11.8 Å². The summed E-state index contributed by atoms with van der Waals surface area (Å²) in [5, 5.41) is 4.73. The summed E-state index contributed by atoms with van der Waals surface area (Å²) in [7, 11) is 1.60. The fourth-order valence-electron chi connectivity index (χ4n) is 3.03. The van der Waals surface area contributed by atoms with Gasteiger partial charge in [-0.25, -0.2) is 4.79 Å². The van der Waals surface area contributed by atoms with Gasteiger partial charge in [0.05, 0.1) is 19.7 Å². The summed E-state index contributed by atoms with van der Waals surface area (Å²) >= 11 is 5.96.